The van der Waals surface area contributed by atoms with Crippen LogP contribution >= 0.6 is 0 Å². The number of aromatic nitrogens is 1. The van der Waals surface area contributed by atoms with Crippen molar-refractivity contribution in [3.8, 4) is 5.75 Å². The third-order valence-electron chi connectivity index (χ3n) is 3.25. The van der Waals surface area contributed by atoms with Crippen LogP contribution in [0.25, 0.3) is 0 Å². The van der Waals surface area contributed by atoms with Gasteiger partial charge in [0.2, 0.25) is 0 Å². The van der Waals surface area contributed by atoms with Crippen molar-refractivity contribution >= 4 is 5.91 Å². The summed E-state index contributed by atoms with van der Waals surface area (Å²) in [6.07, 6.45) is 5.40. The highest BCUT2D eigenvalue weighted by molar-refractivity contribution is 5.94. The Hall–Kier alpha value is -2.62. The average Bonchev–Trinajstić information content (AvgIpc) is 2.58. The number of carbonyl (C=O) groups excluding carboxylic acids is 1. The van der Waals surface area contributed by atoms with E-state index in [4.69, 9.17) is 4.74 Å². The molecule has 23 heavy (non-hydrogen) atoms. The first-order valence-corrected chi connectivity index (χ1v) is 7.69. The van der Waals surface area contributed by atoms with E-state index in [2.05, 4.69) is 16.9 Å². The predicted octanol–water partition coefficient (Wildman–Crippen LogP) is 3.40. The van der Waals surface area contributed by atoms with Gasteiger partial charge < -0.3 is 10.1 Å². The normalized spacial score (nSPS) is 10.1. The highest BCUT2D eigenvalue weighted by atomic mass is 16.5. The van der Waals surface area contributed by atoms with Crippen molar-refractivity contribution in [2.24, 2.45) is 0 Å². The monoisotopic (exact) mass is 310 g/mol. The summed E-state index contributed by atoms with van der Waals surface area (Å²) >= 11 is 0. The second-order valence-corrected chi connectivity index (χ2v) is 5.49. The number of carbonyl (C=O) groups is 1. The van der Waals surface area contributed by atoms with Gasteiger partial charge in [0.15, 0.2) is 0 Å². The van der Waals surface area contributed by atoms with Gasteiger partial charge in [0, 0.05) is 24.5 Å². The molecule has 2 rings (SSSR count). The molecule has 0 radical (unpaired) electrons. The fourth-order valence-corrected chi connectivity index (χ4v) is 2.05. The summed E-state index contributed by atoms with van der Waals surface area (Å²) < 4.78 is 5.51. The molecule has 120 valence electrons. The number of benzene rings is 1. The molecule has 0 saturated carbocycles. The highest BCUT2D eigenvalue weighted by Gasteiger charge is 2.05. The molecule has 4 nitrogen and oxygen atoms in total. The molecule has 0 spiro atoms. The number of hydrogen-bond acceptors (Lipinski definition) is 3. The lowest BCUT2D eigenvalue weighted by Crippen LogP contribution is -2.24. The molecule has 1 N–H and O–H groups in total. The molecule has 0 aliphatic rings. The van der Waals surface area contributed by atoms with Crippen LogP contribution in [0.1, 0.15) is 29.3 Å². The Kier molecular flexibility index (Phi) is 6.36. The first kappa shape index (κ1) is 16.7. The highest BCUT2D eigenvalue weighted by Crippen LogP contribution is 2.13. The first-order valence-electron chi connectivity index (χ1n) is 7.69. The van der Waals surface area contributed by atoms with Gasteiger partial charge in [-0.15, -0.1) is 0 Å². The number of nitrogens with zero attached hydrogens (tertiary/aromatic N) is 1. The molecular weight excluding hydrogens is 288 g/mol. The van der Waals surface area contributed by atoms with Crippen LogP contribution in [0, 0.1) is 0 Å². The van der Waals surface area contributed by atoms with Crippen molar-refractivity contribution in [1.29, 1.82) is 0 Å². The van der Waals surface area contributed by atoms with E-state index < -0.39 is 0 Å². The zero-order valence-electron chi connectivity index (χ0n) is 13.4. The molecule has 4 heteroatoms. The predicted molar refractivity (Wildman–Crippen MR) is 91.6 cm³/mol. The summed E-state index contributed by atoms with van der Waals surface area (Å²) in [7, 11) is 0. The van der Waals surface area contributed by atoms with E-state index in [0.717, 1.165) is 24.2 Å². The largest absolute Gasteiger partial charge is 0.489 e. The standard InChI is InChI=1S/C19H22N2O2/c1-15(2)14-23-18-9-7-17(8-10-18)19(22)21-12-4-6-16-5-3-11-20-13-16/h3,5,7-11,13H,1,4,6,12,14H2,2H3,(H,21,22). The van der Waals surface area contributed by atoms with Gasteiger partial charge in [-0.2, -0.15) is 0 Å². The second-order valence-electron chi connectivity index (χ2n) is 5.49. The van der Waals surface area contributed by atoms with Crippen LogP contribution in [0.2, 0.25) is 0 Å². The summed E-state index contributed by atoms with van der Waals surface area (Å²) in [5.41, 5.74) is 2.77. The Morgan fingerprint density at radius 2 is 2.04 bits per heavy atom. The third kappa shape index (κ3) is 5.94. The fourth-order valence-electron chi connectivity index (χ4n) is 2.05. The maximum atomic E-state index is 12.1. The van der Waals surface area contributed by atoms with Gasteiger partial charge in [-0.05, 0) is 61.2 Å². The van der Waals surface area contributed by atoms with Crippen molar-refractivity contribution in [3.63, 3.8) is 0 Å². The van der Waals surface area contributed by atoms with Gasteiger partial charge >= 0.3 is 0 Å². The number of rotatable bonds is 8. The Labute approximate surface area is 137 Å². The van der Waals surface area contributed by atoms with E-state index in [1.165, 1.54) is 5.56 Å². The number of hydrogen-bond donors (Lipinski definition) is 1. The van der Waals surface area contributed by atoms with E-state index >= 15 is 0 Å². The maximum absolute atomic E-state index is 12.1. The lowest BCUT2D eigenvalue weighted by atomic mass is 10.1. The SMILES string of the molecule is C=C(C)COc1ccc(C(=O)NCCCc2cccnc2)cc1. The number of amides is 1. The van der Waals surface area contributed by atoms with Crippen LogP contribution in [0.3, 0.4) is 0 Å². The van der Waals surface area contributed by atoms with E-state index in [-0.39, 0.29) is 5.91 Å². The molecule has 0 fully saturated rings. The molecule has 0 atom stereocenters. The number of ether oxygens (including phenoxy) is 1. The molecule has 1 aromatic carbocycles. The number of pyridine rings is 1. The van der Waals surface area contributed by atoms with Crippen LogP contribution in [-0.2, 0) is 6.42 Å². The summed E-state index contributed by atoms with van der Waals surface area (Å²) in [6, 6.07) is 11.1. The Bertz CT molecular complexity index is 636. The molecule has 1 heterocycles. The zero-order valence-corrected chi connectivity index (χ0v) is 13.4. The topological polar surface area (TPSA) is 51.2 Å². The molecule has 0 aliphatic heterocycles. The van der Waals surface area contributed by atoms with Crippen LogP contribution in [-0.4, -0.2) is 24.0 Å². The lowest BCUT2D eigenvalue weighted by molar-refractivity contribution is 0.0953. The molecular formula is C19H22N2O2. The maximum Gasteiger partial charge on any atom is 0.251 e. The van der Waals surface area contributed by atoms with Gasteiger partial charge in [-0.1, -0.05) is 12.6 Å². The second kappa shape index (κ2) is 8.73. The molecule has 1 aromatic heterocycles. The first-order chi connectivity index (χ1) is 11.1. The molecule has 0 bridgehead atoms. The van der Waals surface area contributed by atoms with Crippen molar-refractivity contribution in [2.75, 3.05) is 13.2 Å². The molecule has 2 aromatic rings. The summed E-state index contributed by atoms with van der Waals surface area (Å²) in [5, 5.41) is 2.92. The smallest absolute Gasteiger partial charge is 0.251 e. The zero-order chi connectivity index (χ0) is 16.5. The van der Waals surface area contributed by atoms with Crippen molar-refractivity contribution in [3.05, 3.63) is 72.1 Å². The van der Waals surface area contributed by atoms with Crippen molar-refractivity contribution in [1.82, 2.24) is 10.3 Å². The van der Waals surface area contributed by atoms with E-state index in [1.807, 2.05) is 25.3 Å². The molecule has 0 saturated heterocycles. The van der Waals surface area contributed by atoms with E-state index in [1.54, 1.807) is 30.5 Å². The van der Waals surface area contributed by atoms with Crippen LogP contribution in [0.4, 0.5) is 0 Å². The van der Waals surface area contributed by atoms with Gasteiger partial charge in [0.1, 0.15) is 12.4 Å². The Morgan fingerprint density at radius 3 is 2.70 bits per heavy atom. The number of aryl methyl sites for hydroxylation is 1. The molecule has 0 unspecified atom stereocenters. The lowest BCUT2D eigenvalue weighted by Gasteiger charge is -2.08. The van der Waals surface area contributed by atoms with Crippen LogP contribution < -0.4 is 10.1 Å². The summed E-state index contributed by atoms with van der Waals surface area (Å²) in [6.45, 7) is 6.82. The van der Waals surface area contributed by atoms with Gasteiger partial charge in [0.25, 0.3) is 5.91 Å². The molecule has 0 aliphatic carbocycles. The van der Waals surface area contributed by atoms with Gasteiger partial charge in [0.05, 0.1) is 0 Å². The van der Waals surface area contributed by atoms with Crippen molar-refractivity contribution < 1.29 is 9.53 Å². The minimum Gasteiger partial charge on any atom is -0.489 e. The van der Waals surface area contributed by atoms with Crippen LogP contribution in [0.15, 0.2) is 60.9 Å². The third-order valence-corrected chi connectivity index (χ3v) is 3.25. The number of nitrogens with one attached hydrogen (secondary N) is 1. The van der Waals surface area contributed by atoms with Crippen molar-refractivity contribution in [2.45, 2.75) is 19.8 Å². The summed E-state index contributed by atoms with van der Waals surface area (Å²) in [5.74, 6) is 0.670. The van der Waals surface area contributed by atoms with Gasteiger partial charge in [-0.3, -0.25) is 9.78 Å². The fraction of sp³-hybridized carbons (Fsp3) is 0.263. The van der Waals surface area contributed by atoms with E-state index in [9.17, 15) is 4.79 Å². The quantitative estimate of drug-likeness (QED) is 0.600. The molecule has 1 amide bonds. The minimum absolute atomic E-state index is 0.0670. The summed E-state index contributed by atoms with van der Waals surface area (Å²) in [4.78, 5) is 16.1. The van der Waals surface area contributed by atoms with Gasteiger partial charge in [-0.25, -0.2) is 0 Å². The Morgan fingerprint density at radius 1 is 1.26 bits per heavy atom. The minimum atomic E-state index is -0.0670. The van der Waals surface area contributed by atoms with Crippen LogP contribution in [0.5, 0.6) is 5.75 Å². The average molecular weight is 310 g/mol. The Balaban J connectivity index is 1.73. The van der Waals surface area contributed by atoms with E-state index in [0.29, 0.717) is 18.7 Å².